The fourth-order valence-corrected chi connectivity index (χ4v) is 7.61. The molecule has 3 N–H and O–H groups in total. The number of benzene rings is 3. The van der Waals surface area contributed by atoms with Gasteiger partial charge in [-0.1, -0.05) is 59.3 Å². The number of hydrogen-bond donors (Lipinski definition) is 3. The highest BCUT2D eigenvalue weighted by atomic mass is 35.5. The van der Waals surface area contributed by atoms with E-state index in [9.17, 15) is 28.8 Å². The zero-order valence-electron chi connectivity index (χ0n) is 32.8. The summed E-state index contributed by atoms with van der Waals surface area (Å²) in [4.78, 5) is 86.0. The number of aromatic nitrogens is 1. The molecule has 1 saturated heterocycles. The number of esters is 1. The number of amides is 5. The highest BCUT2D eigenvalue weighted by molar-refractivity contribution is 6.31. The monoisotopic (exact) mass is 825 g/mol. The van der Waals surface area contributed by atoms with E-state index >= 15 is 0 Å². The van der Waals surface area contributed by atoms with Crippen molar-refractivity contribution in [3.63, 3.8) is 0 Å². The molecule has 2 aliphatic rings. The Bertz CT molecular complexity index is 2340. The van der Waals surface area contributed by atoms with Crippen LogP contribution in [-0.4, -0.2) is 68.5 Å². The van der Waals surface area contributed by atoms with E-state index < -0.39 is 35.4 Å². The fourth-order valence-electron chi connectivity index (χ4n) is 7.31. The van der Waals surface area contributed by atoms with Crippen LogP contribution in [0.25, 0.3) is 10.9 Å². The topological polar surface area (TPSA) is 158 Å². The Kier molecular flexibility index (Phi) is 12.9. The standard InChI is InChI=1S/C44H45Cl2N5O7/c1-5-58-43(57)38-37(31-20-19-29(46)23-33(31)47-38)39(41(55)49-44(2,3)4)51(24-26-15-17-28(45)18-16-26)36(53)14-9-7-6-8-11-27-12-10-13-30-32(27)25-50(42(30)56)34-21-22-35(52)48-40(34)54/h10,12-13,15-20,23,34,39,47H,5-7,9,14,21-22,24-25H2,1-4H3,(H,49,55)(H,48,52,54). The minimum atomic E-state index is -1.25. The van der Waals surface area contributed by atoms with Crippen molar-refractivity contribution < 1.29 is 33.5 Å². The number of piperidine rings is 1. The van der Waals surface area contributed by atoms with Gasteiger partial charge in [0.25, 0.3) is 5.91 Å². The summed E-state index contributed by atoms with van der Waals surface area (Å²) in [6.45, 7) is 7.55. The molecular formula is C44H45Cl2N5O7. The van der Waals surface area contributed by atoms with E-state index in [4.69, 9.17) is 27.9 Å². The zero-order chi connectivity index (χ0) is 41.7. The van der Waals surface area contributed by atoms with Crippen LogP contribution in [-0.2, 0) is 37.0 Å². The molecule has 5 amide bonds. The van der Waals surface area contributed by atoms with E-state index in [2.05, 4.69) is 27.5 Å². The van der Waals surface area contributed by atoms with Gasteiger partial charge in [0.2, 0.25) is 23.6 Å². The second-order valence-corrected chi connectivity index (χ2v) is 16.2. The first-order valence-corrected chi connectivity index (χ1v) is 20.0. The first-order valence-electron chi connectivity index (χ1n) is 19.2. The predicted octanol–water partition coefficient (Wildman–Crippen LogP) is 7.01. The van der Waals surface area contributed by atoms with Gasteiger partial charge in [-0.25, -0.2) is 4.79 Å². The molecule has 0 bridgehead atoms. The van der Waals surface area contributed by atoms with Gasteiger partial charge in [0, 0.05) is 75.5 Å². The average molecular weight is 827 g/mol. The van der Waals surface area contributed by atoms with Crippen LogP contribution >= 0.6 is 23.2 Å². The summed E-state index contributed by atoms with van der Waals surface area (Å²) >= 11 is 12.6. The number of nitrogens with zero attached hydrogens (tertiary/aromatic N) is 2. The largest absolute Gasteiger partial charge is 0.461 e. The Balaban J connectivity index is 1.24. The van der Waals surface area contributed by atoms with E-state index in [0.717, 1.165) is 11.1 Å². The van der Waals surface area contributed by atoms with E-state index in [1.165, 1.54) is 9.80 Å². The van der Waals surface area contributed by atoms with E-state index in [1.54, 1.807) is 61.5 Å². The number of halogens is 2. The van der Waals surface area contributed by atoms with Crippen LogP contribution in [0.1, 0.15) is 115 Å². The number of H-pyrrole nitrogens is 1. The quantitative estimate of drug-likeness (QED) is 0.0600. The Hall–Kier alpha value is -5.64. The third-order valence-electron chi connectivity index (χ3n) is 9.95. The van der Waals surface area contributed by atoms with Crippen molar-refractivity contribution in [2.24, 2.45) is 0 Å². The number of aromatic amines is 1. The summed E-state index contributed by atoms with van der Waals surface area (Å²) in [6.07, 6.45) is 1.97. The van der Waals surface area contributed by atoms with Crippen molar-refractivity contribution in [2.45, 2.75) is 96.9 Å². The summed E-state index contributed by atoms with van der Waals surface area (Å²) in [6, 6.07) is 15.4. The molecule has 14 heteroatoms. The molecule has 0 aliphatic carbocycles. The minimum Gasteiger partial charge on any atom is -0.461 e. The maximum Gasteiger partial charge on any atom is 0.355 e. The van der Waals surface area contributed by atoms with Crippen molar-refractivity contribution in [2.75, 3.05) is 6.61 Å². The van der Waals surface area contributed by atoms with Gasteiger partial charge < -0.3 is 24.8 Å². The normalized spacial score (nSPS) is 15.7. The van der Waals surface area contributed by atoms with Gasteiger partial charge in [-0.05, 0) is 94.5 Å². The van der Waals surface area contributed by atoms with E-state index in [-0.39, 0.29) is 62.4 Å². The summed E-state index contributed by atoms with van der Waals surface area (Å²) < 4.78 is 5.42. The molecule has 6 rings (SSSR count). The number of rotatable bonds is 12. The van der Waals surface area contributed by atoms with Gasteiger partial charge in [-0.2, -0.15) is 0 Å². The highest BCUT2D eigenvalue weighted by Gasteiger charge is 2.40. The minimum absolute atomic E-state index is 0.0360. The SMILES string of the molecule is CCOC(=O)c1[nH]c2cc(Cl)ccc2c1C(C(=O)NC(C)(C)C)N(Cc1ccc(Cl)cc1)C(=O)CCCCC#Cc1cccc2c1CN(C1CCC(=O)NC1=O)C2=O. The Morgan fingerprint density at radius 3 is 2.47 bits per heavy atom. The van der Waals surface area contributed by atoms with Crippen molar-refractivity contribution in [3.8, 4) is 11.8 Å². The molecule has 2 unspecified atom stereocenters. The molecular weight excluding hydrogens is 781 g/mol. The van der Waals surface area contributed by atoms with Crippen LogP contribution in [0.5, 0.6) is 0 Å². The smallest absolute Gasteiger partial charge is 0.355 e. The van der Waals surface area contributed by atoms with Gasteiger partial charge in [-0.15, -0.1) is 0 Å². The van der Waals surface area contributed by atoms with Gasteiger partial charge in [-0.3, -0.25) is 29.3 Å². The van der Waals surface area contributed by atoms with E-state index in [0.29, 0.717) is 56.9 Å². The molecule has 4 aromatic rings. The molecule has 3 aromatic carbocycles. The number of carbonyl (C=O) groups excluding carboxylic acids is 6. The lowest BCUT2D eigenvalue weighted by atomic mass is 9.97. The van der Waals surface area contributed by atoms with Gasteiger partial charge in [0.15, 0.2) is 0 Å². The summed E-state index contributed by atoms with van der Waals surface area (Å²) in [7, 11) is 0. The second-order valence-electron chi connectivity index (χ2n) is 15.4. The van der Waals surface area contributed by atoms with Crippen molar-refractivity contribution in [1.29, 1.82) is 0 Å². The second kappa shape index (κ2) is 17.9. The first kappa shape index (κ1) is 42.0. The lowest BCUT2D eigenvalue weighted by molar-refractivity contribution is -0.142. The molecule has 2 aliphatic heterocycles. The lowest BCUT2D eigenvalue weighted by Gasteiger charge is -2.34. The van der Waals surface area contributed by atoms with Crippen LogP contribution in [0.3, 0.4) is 0 Å². The maximum atomic E-state index is 14.5. The van der Waals surface area contributed by atoms with Gasteiger partial charge in [0.05, 0.1) is 6.61 Å². The third-order valence-corrected chi connectivity index (χ3v) is 10.4. The summed E-state index contributed by atoms with van der Waals surface area (Å²) in [5.74, 6) is 3.80. The fraction of sp³-hybridized carbons (Fsp3) is 0.364. The molecule has 1 fully saturated rings. The maximum absolute atomic E-state index is 14.5. The third kappa shape index (κ3) is 9.55. The molecule has 12 nitrogen and oxygen atoms in total. The van der Waals surface area contributed by atoms with Crippen LogP contribution in [0, 0.1) is 11.8 Å². The number of fused-ring (bicyclic) bond motifs is 2. The molecule has 0 saturated carbocycles. The number of hydrogen-bond acceptors (Lipinski definition) is 7. The molecule has 2 atom stereocenters. The van der Waals surface area contributed by atoms with E-state index in [1.807, 2.05) is 26.8 Å². The Morgan fingerprint density at radius 1 is 1.02 bits per heavy atom. The summed E-state index contributed by atoms with van der Waals surface area (Å²) in [5, 5.41) is 6.83. The predicted molar refractivity (Wildman–Crippen MR) is 220 cm³/mol. The van der Waals surface area contributed by atoms with Crippen LogP contribution < -0.4 is 10.6 Å². The van der Waals surface area contributed by atoms with Gasteiger partial charge in [0.1, 0.15) is 17.8 Å². The molecule has 3 heterocycles. The van der Waals surface area contributed by atoms with Crippen molar-refractivity contribution >= 4 is 69.6 Å². The average Bonchev–Trinajstić information content (AvgIpc) is 3.70. The molecule has 0 radical (unpaired) electrons. The molecule has 0 spiro atoms. The number of imide groups is 1. The van der Waals surface area contributed by atoms with Crippen molar-refractivity contribution in [1.82, 2.24) is 25.4 Å². The Morgan fingerprint density at radius 2 is 1.76 bits per heavy atom. The number of ether oxygens (including phenoxy) is 1. The lowest BCUT2D eigenvalue weighted by Crippen LogP contribution is -2.52. The molecule has 302 valence electrons. The van der Waals surface area contributed by atoms with Gasteiger partial charge >= 0.3 is 5.97 Å². The first-order chi connectivity index (χ1) is 27.6. The number of nitrogens with one attached hydrogen (secondary N) is 3. The number of carbonyl (C=O) groups is 6. The highest BCUT2D eigenvalue weighted by Crippen LogP contribution is 2.36. The van der Waals surface area contributed by atoms with Crippen LogP contribution in [0.4, 0.5) is 0 Å². The van der Waals surface area contributed by atoms with Crippen LogP contribution in [0.2, 0.25) is 10.0 Å². The zero-order valence-corrected chi connectivity index (χ0v) is 34.3. The molecule has 58 heavy (non-hydrogen) atoms. The number of unbranched alkanes of at least 4 members (excludes halogenated alkanes) is 2. The van der Waals surface area contributed by atoms with Crippen molar-refractivity contribution in [3.05, 3.63) is 104 Å². The summed E-state index contributed by atoms with van der Waals surface area (Å²) in [5.41, 5.74) is 2.79. The molecule has 1 aromatic heterocycles. The van der Waals surface area contributed by atoms with Crippen LogP contribution in [0.15, 0.2) is 60.7 Å². The Labute approximate surface area is 346 Å².